The molecule has 0 saturated heterocycles. The van der Waals surface area contributed by atoms with Crippen LogP contribution in [-0.4, -0.2) is 43.7 Å². The molecule has 2 rings (SSSR count). The van der Waals surface area contributed by atoms with Crippen molar-refractivity contribution < 1.29 is 36.4 Å². The first-order chi connectivity index (χ1) is 12.8. The van der Waals surface area contributed by atoms with Crippen molar-refractivity contribution in [2.24, 2.45) is 10.9 Å². The van der Waals surface area contributed by atoms with E-state index >= 15 is 0 Å². The Bertz CT molecular complexity index is 767. The average Bonchev–Trinajstić information content (AvgIpc) is 3.43. The van der Waals surface area contributed by atoms with Crippen LogP contribution < -0.4 is 4.74 Å². The standard InChI is InChI=1S/C17H18F3NO5S/c1-4-25-17(23)11(16(26-27-3)21-8-5-6-8)14(22)9-7-10(18)13(20)15(24-2)12(9)19/h7-8,11H,4-6H2,1-3H3. The van der Waals surface area contributed by atoms with Crippen molar-refractivity contribution in [1.29, 1.82) is 0 Å². The number of ketones is 1. The maximum atomic E-state index is 14.5. The molecule has 1 aliphatic rings. The second-order valence-electron chi connectivity index (χ2n) is 5.56. The maximum Gasteiger partial charge on any atom is 0.326 e. The van der Waals surface area contributed by atoms with E-state index < -0.39 is 46.4 Å². The molecule has 148 valence electrons. The fourth-order valence-corrected chi connectivity index (χ4v) is 2.56. The van der Waals surface area contributed by atoms with Crippen molar-refractivity contribution in [3.8, 4) is 5.75 Å². The zero-order valence-electron chi connectivity index (χ0n) is 14.9. The summed E-state index contributed by atoms with van der Waals surface area (Å²) in [4.78, 5) is 29.4. The number of benzene rings is 1. The third-order valence-corrected chi connectivity index (χ3v) is 3.98. The smallest absolute Gasteiger partial charge is 0.326 e. The fraction of sp³-hybridized carbons (Fsp3) is 0.471. The Morgan fingerprint density at radius 2 is 1.96 bits per heavy atom. The highest BCUT2D eigenvalue weighted by Crippen LogP contribution is 2.31. The first-order valence-electron chi connectivity index (χ1n) is 8.06. The Morgan fingerprint density at radius 1 is 1.30 bits per heavy atom. The second-order valence-corrected chi connectivity index (χ2v) is 6.06. The molecule has 0 radical (unpaired) electrons. The first kappa shape index (κ1) is 21.1. The molecule has 0 aliphatic heterocycles. The van der Waals surface area contributed by atoms with Crippen molar-refractivity contribution in [3.05, 3.63) is 29.1 Å². The summed E-state index contributed by atoms with van der Waals surface area (Å²) in [5.41, 5.74) is -0.864. The van der Waals surface area contributed by atoms with E-state index in [1.807, 2.05) is 0 Å². The van der Waals surface area contributed by atoms with Gasteiger partial charge in [-0.15, -0.1) is 0 Å². The molecule has 1 fully saturated rings. The van der Waals surface area contributed by atoms with Gasteiger partial charge in [0.1, 0.15) is 0 Å². The number of hydrogen-bond acceptors (Lipinski definition) is 7. The monoisotopic (exact) mass is 405 g/mol. The number of esters is 1. The molecule has 0 heterocycles. The van der Waals surface area contributed by atoms with Gasteiger partial charge in [0.05, 0.1) is 37.4 Å². The maximum absolute atomic E-state index is 14.5. The summed E-state index contributed by atoms with van der Waals surface area (Å²) in [6, 6.07) is 0.247. The van der Waals surface area contributed by atoms with Crippen LogP contribution in [0, 0.1) is 23.4 Å². The summed E-state index contributed by atoms with van der Waals surface area (Å²) in [6.45, 7) is 1.47. The Hall–Kier alpha value is -2.23. The number of hydrogen-bond donors (Lipinski definition) is 0. The van der Waals surface area contributed by atoms with Crippen LogP contribution in [0.15, 0.2) is 11.1 Å². The average molecular weight is 405 g/mol. The van der Waals surface area contributed by atoms with Crippen LogP contribution in [0.1, 0.15) is 30.1 Å². The van der Waals surface area contributed by atoms with Gasteiger partial charge in [0.25, 0.3) is 0 Å². The molecule has 0 aromatic heterocycles. The van der Waals surface area contributed by atoms with Gasteiger partial charge < -0.3 is 13.7 Å². The fourth-order valence-electron chi connectivity index (χ4n) is 2.25. The molecular formula is C17H18F3NO5S. The van der Waals surface area contributed by atoms with Gasteiger partial charge in [-0.1, -0.05) is 0 Å². The largest absolute Gasteiger partial charge is 0.491 e. The molecule has 6 nitrogen and oxygen atoms in total. The number of aliphatic imine (C=N–C) groups is 1. The van der Waals surface area contributed by atoms with Crippen LogP contribution in [0.4, 0.5) is 13.2 Å². The zero-order chi connectivity index (χ0) is 20.1. The van der Waals surface area contributed by atoms with Crippen molar-refractivity contribution in [2.75, 3.05) is 20.0 Å². The Labute approximate surface area is 158 Å². The summed E-state index contributed by atoms with van der Waals surface area (Å²) in [5.74, 6) is -9.77. The van der Waals surface area contributed by atoms with Gasteiger partial charge in [-0.3, -0.25) is 14.6 Å². The van der Waals surface area contributed by atoms with Gasteiger partial charge in [-0.05, 0) is 25.8 Å². The summed E-state index contributed by atoms with van der Waals surface area (Å²) < 4.78 is 56.6. The first-order valence-corrected chi connectivity index (χ1v) is 9.21. The topological polar surface area (TPSA) is 74.2 Å². The molecule has 1 aromatic carbocycles. The molecule has 27 heavy (non-hydrogen) atoms. The van der Waals surface area contributed by atoms with Crippen LogP contribution in [0.5, 0.6) is 5.75 Å². The van der Waals surface area contributed by atoms with E-state index in [-0.39, 0.29) is 18.5 Å². The summed E-state index contributed by atoms with van der Waals surface area (Å²) >= 11 is 0.830. The lowest BCUT2D eigenvalue weighted by Gasteiger charge is -2.17. The number of ether oxygens (including phenoxy) is 2. The van der Waals surface area contributed by atoms with E-state index in [0.717, 1.165) is 32.0 Å². The van der Waals surface area contributed by atoms with Crippen LogP contribution in [0.25, 0.3) is 0 Å². The lowest BCUT2D eigenvalue weighted by atomic mass is 9.96. The van der Waals surface area contributed by atoms with Crippen LogP contribution in [0.3, 0.4) is 0 Å². The Balaban J connectivity index is 2.54. The minimum absolute atomic E-state index is 0.0534. The highest BCUT2D eigenvalue weighted by molar-refractivity contribution is 7.94. The minimum Gasteiger partial charge on any atom is -0.491 e. The van der Waals surface area contributed by atoms with E-state index in [1.165, 1.54) is 13.2 Å². The normalized spacial score (nSPS) is 15.3. The third-order valence-electron chi connectivity index (χ3n) is 3.64. The quantitative estimate of drug-likeness (QED) is 0.126. The van der Waals surface area contributed by atoms with Crippen molar-refractivity contribution in [2.45, 2.75) is 25.8 Å². The van der Waals surface area contributed by atoms with Gasteiger partial charge in [0.15, 0.2) is 29.1 Å². The van der Waals surface area contributed by atoms with Gasteiger partial charge in [0.2, 0.25) is 11.7 Å². The highest BCUT2D eigenvalue weighted by Gasteiger charge is 2.40. The molecule has 0 N–H and O–H groups in total. The van der Waals surface area contributed by atoms with E-state index in [0.29, 0.717) is 6.07 Å². The van der Waals surface area contributed by atoms with Gasteiger partial charge >= 0.3 is 5.97 Å². The Kier molecular flexibility index (Phi) is 7.11. The molecule has 1 atom stereocenters. The number of halogens is 3. The highest BCUT2D eigenvalue weighted by atomic mass is 32.2. The minimum atomic E-state index is -1.75. The molecule has 1 aliphatic carbocycles. The third kappa shape index (κ3) is 4.74. The number of methoxy groups -OCH3 is 1. The van der Waals surface area contributed by atoms with Crippen molar-refractivity contribution in [3.63, 3.8) is 0 Å². The van der Waals surface area contributed by atoms with E-state index in [1.54, 1.807) is 0 Å². The molecule has 0 spiro atoms. The van der Waals surface area contributed by atoms with Crippen molar-refractivity contribution >= 4 is 29.7 Å². The van der Waals surface area contributed by atoms with Crippen LogP contribution >= 0.6 is 12.0 Å². The van der Waals surface area contributed by atoms with E-state index in [2.05, 4.69) is 9.73 Å². The number of carbonyl (C=O) groups excluding carboxylic acids is 2. The number of nitrogens with zero attached hydrogens (tertiary/aromatic N) is 1. The van der Waals surface area contributed by atoms with Gasteiger partial charge in [0, 0.05) is 6.26 Å². The summed E-state index contributed by atoms with van der Waals surface area (Å²) in [6.07, 6.45) is 3.03. The van der Waals surface area contributed by atoms with Crippen LogP contribution in [-0.2, 0) is 13.7 Å². The molecule has 0 amide bonds. The molecule has 1 unspecified atom stereocenters. The molecule has 1 aromatic rings. The van der Waals surface area contributed by atoms with E-state index in [4.69, 9.17) is 8.92 Å². The summed E-state index contributed by atoms with van der Waals surface area (Å²) in [7, 11) is 0.925. The predicted octanol–water partition coefficient (Wildman–Crippen LogP) is 3.33. The zero-order valence-corrected chi connectivity index (χ0v) is 15.7. The number of Topliss-reactive ketones (excluding diaryl/α,β-unsaturated/α-hetero) is 1. The lowest BCUT2D eigenvalue weighted by Crippen LogP contribution is -2.35. The second kappa shape index (κ2) is 9.12. The predicted molar refractivity (Wildman–Crippen MR) is 92.4 cm³/mol. The molecule has 10 heteroatoms. The SMILES string of the molecule is CCOC(=O)C(C(=O)c1cc(F)c(F)c(OC)c1F)C(=NC1CC1)OSC. The molecule has 0 bridgehead atoms. The van der Waals surface area contributed by atoms with Gasteiger partial charge in [-0.2, -0.15) is 4.39 Å². The Morgan fingerprint density at radius 3 is 2.48 bits per heavy atom. The van der Waals surface area contributed by atoms with Gasteiger partial charge in [-0.25, -0.2) is 8.78 Å². The van der Waals surface area contributed by atoms with E-state index in [9.17, 15) is 22.8 Å². The lowest BCUT2D eigenvalue weighted by molar-refractivity contribution is -0.144. The molecular weight excluding hydrogens is 387 g/mol. The number of rotatable bonds is 8. The number of carbonyl (C=O) groups is 2. The van der Waals surface area contributed by atoms with Crippen molar-refractivity contribution in [1.82, 2.24) is 0 Å². The summed E-state index contributed by atoms with van der Waals surface area (Å²) in [5, 5.41) is 0. The molecule has 1 saturated carbocycles. The van der Waals surface area contributed by atoms with Crippen LogP contribution in [0.2, 0.25) is 0 Å².